The van der Waals surface area contributed by atoms with Gasteiger partial charge in [0.15, 0.2) is 0 Å². The van der Waals surface area contributed by atoms with E-state index in [4.69, 9.17) is 9.73 Å². The Labute approximate surface area is 149 Å². The first-order chi connectivity index (χ1) is 12.1. The fourth-order valence-corrected chi connectivity index (χ4v) is 3.98. The number of hydrogen-bond donors (Lipinski definition) is 1. The van der Waals surface area contributed by atoms with Crippen LogP contribution in [0.3, 0.4) is 0 Å². The van der Waals surface area contributed by atoms with Crippen molar-refractivity contribution in [2.45, 2.75) is 51.1 Å². The van der Waals surface area contributed by atoms with Gasteiger partial charge in [-0.1, -0.05) is 13.0 Å². The van der Waals surface area contributed by atoms with Gasteiger partial charge < -0.3 is 10.1 Å². The Bertz CT molecular complexity index is 683. The van der Waals surface area contributed by atoms with E-state index in [1.165, 1.54) is 5.56 Å². The van der Waals surface area contributed by atoms with Crippen molar-refractivity contribution in [3.63, 3.8) is 0 Å². The van der Waals surface area contributed by atoms with Crippen LogP contribution >= 0.6 is 0 Å². The van der Waals surface area contributed by atoms with Crippen molar-refractivity contribution >= 4 is 12.1 Å². The minimum atomic E-state index is 0.0248. The number of ether oxygens (including phenoxy) is 1. The number of carbonyl (C=O) groups is 1. The average molecular weight is 341 g/mol. The molecular weight excluding hydrogens is 314 g/mol. The van der Waals surface area contributed by atoms with Crippen molar-refractivity contribution in [2.75, 3.05) is 13.7 Å². The maximum atomic E-state index is 11.2. The largest absolute Gasteiger partial charge is 0.384 e. The molecule has 2 heterocycles. The topological polar surface area (TPSA) is 63.6 Å². The number of nitrogens with one attached hydrogen (secondary N) is 1. The highest BCUT2D eigenvalue weighted by Gasteiger charge is 2.33. The molecule has 4 atom stereocenters. The Morgan fingerprint density at radius 2 is 2.28 bits per heavy atom. The number of aliphatic imine (C=N–C) groups is 1. The molecule has 5 heteroatoms. The van der Waals surface area contributed by atoms with Gasteiger partial charge in [-0.05, 0) is 49.3 Å². The molecule has 1 aliphatic carbocycles. The molecule has 1 N–H and O–H groups in total. The Hall–Kier alpha value is -2.01. The van der Waals surface area contributed by atoms with Gasteiger partial charge >= 0.3 is 0 Å². The van der Waals surface area contributed by atoms with Crippen LogP contribution in [0, 0.1) is 5.92 Å². The van der Waals surface area contributed by atoms with Crippen molar-refractivity contribution in [1.82, 2.24) is 10.3 Å². The number of methoxy groups -OCH3 is 1. The van der Waals surface area contributed by atoms with Gasteiger partial charge in [0.25, 0.3) is 0 Å². The lowest BCUT2D eigenvalue weighted by Crippen LogP contribution is -2.40. The highest BCUT2D eigenvalue weighted by molar-refractivity contribution is 6.01. The summed E-state index contributed by atoms with van der Waals surface area (Å²) < 4.78 is 5.24. The molecule has 1 aromatic rings. The summed E-state index contributed by atoms with van der Waals surface area (Å²) in [7, 11) is 1.74. The summed E-state index contributed by atoms with van der Waals surface area (Å²) in [5, 5.41) is 3.58. The van der Waals surface area contributed by atoms with Crippen molar-refractivity contribution in [2.24, 2.45) is 10.9 Å². The number of hydrogen-bond acceptors (Lipinski definition) is 5. The number of pyridine rings is 1. The molecule has 4 unspecified atom stereocenters. The number of carbonyl (C=O) groups excluding carboxylic acids is 1. The van der Waals surface area contributed by atoms with Crippen LogP contribution in [0.2, 0.25) is 0 Å². The predicted molar refractivity (Wildman–Crippen MR) is 98.9 cm³/mol. The summed E-state index contributed by atoms with van der Waals surface area (Å²) in [6.07, 6.45) is 9.55. The van der Waals surface area contributed by atoms with Gasteiger partial charge in [0.2, 0.25) is 0 Å². The van der Waals surface area contributed by atoms with Crippen LogP contribution in [0.5, 0.6) is 0 Å². The molecular formula is C20H27N3O2. The predicted octanol–water partition coefficient (Wildman–Crippen LogP) is 2.86. The first kappa shape index (κ1) is 17.8. The summed E-state index contributed by atoms with van der Waals surface area (Å²) >= 11 is 0. The van der Waals surface area contributed by atoms with E-state index in [0.717, 1.165) is 49.1 Å². The summed E-state index contributed by atoms with van der Waals surface area (Å²) in [5.74, 6) is 1.72. The van der Waals surface area contributed by atoms with Crippen LogP contribution in [0.15, 0.2) is 35.1 Å². The standard InChI is InChI=1S/C20H27N3O2/c1-13(12-25-3)8-14(2)22-20-17-6-7-21-10-18(17)16-5-4-15(11-24)9-19(16)23-20/h6-7,9-11,13-14,16,19H,4-5,8,12H2,1-3H3,(H,22,23). The zero-order valence-electron chi connectivity index (χ0n) is 15.2. The highest BCUT2D eigenvalue weighted by atomic mass is 16.5. The van der Waals surface area contributed by atoms with Gasteiger partial charge in [-0.15, -0.1) is 0 Å². The monoisotopic (exact) mass is 341 g/mol. The van der Waals surface area contributed by atoms with Gasteiger partial charge in [0.1, 0.15) is 12.1 Å². The number of aldehydes is 1. The van der Waals surface area contributed by atoms with Crippen molar-refractivity contribution in [1.29, 1.82) is 0 Å². The zero-order chi connectivity index (χ0) is 17.8. The minimum absolute atomic E-state index is 0.0248. The lowest BCUT2D eigenvalue weighted by atomic mass is 9.78. The van der Waals surface area contributed by atoms with E-state index >= 15 is 0 Å². The molecule has 0 amide bonds. The van der Waals surface area contributed by atoms with E-state index in [0.29, 0.717) is 17.9 Å². The van der Waals surface area contributed by atoms with Gasteiger partial charge in [-0.3, -0.25) is 14.8 Å². The van der Waals surface area contributed by atoms with E-state index in [9.17, 15) is 4.79 Å². The van der Waals surface area contributed by atoms with Crippen LogP contribution in [0.1, 0.15) is 50.2 Å². The van der Waals surface area contributed by atoms with Crippen LogP contribution in [0.4, 0.5) is 0 Å². The summed E-state index contributed by atoms with van der Waals surface area (Å²) in [5.41, 5.74) is 3.24. The van der Waals surface area contributed by atoms with E-state index < -0.39 is 0 Å². The molecule has 1 aromatic heterocycles. The van der Waals surface area contributed by atoms with Gasteiger partial charge in [-0.2, -0.15) is 0 Å². The molecule has 3 rings (SSSR count). The van der Waals surface area contributed by atoms with Gasteiger partial charge in [-0.25, -0.2) is 0 Å². The summed E-state index contributed by atoms with van der Waals surface area (Å²) in [6.45, 7) is 5.13. The highest BCUT2D eigenvalue weighted by Crippen LogP contribution is 2.38. The number of amidine groups is 1. The lowest BCUT2D eigenvalue weighted by Gasteiger charge is -2.34. The Balaban J connectivity index is 1.84. The third kappa shape index (κ3) is 3.98. The second-order valence-electron chi connectivity index (χ2n) is 7.28. The number of allylic oxidation sites excluding steroid dienone is 1. The van der Waals surface area contributed by atoms with Crippen molar-refractivity contribution in [3.05, 3.63) is 41.2 Å². The Kier molecular flexibility index (Phi) is 5.63. The fraction of sp³-hybridized carbons (Fsp3) is 0.550. The lowest BCUT2D eigenvalue weighted by molar-refractivity contribution is -0.105. The van der Waals surface area contributed by atoms with Crippen LogP contribution in [0.25, 0.3) is 0 Å². The Morgan fingerprint density at radius 1 is 1.44 bits per heavy atom. The number of aromatic nitrogens is 1. The fourth-order valence-electron chi connectivity index (χ4n) is 3.98. The smallest absolute Gasteiger partial charge is 0.145 e. The maximum absolute atomic E-state index is 11.2. The quantitative estimate of drug-likeness (QED) is 0.808. The van der Waals surface area contributed by atoms with Crippen LogP contribution in [-0.2, 0) is 9.53 Å². The third-order valence-electron chi connectivity index (χ3n) is 5.07. The molecule has 0 radical (unpaired) electrons. The second kappa shape index (κ2) is 7.91. The summed E-state index contributed by atoms with van der Waals surface area (Å²) in [6, 6.07) is 2.36. The first-order valence-corrected chi connectivity index (χ1v) is 9.05. The Morgan fingerprint density at radius 3 is 3.04 bits per heavy atom. The second-order valence-corrected chi connectivity index (χ2v) is 7.28. The first-order valence-electron chi connectivity index (χ1n) is 9.05. The molecule has 5 nitrogen and oxygen atoms in total. The number of rotatable bonds is 6. The molecule has 0 bridgehead atoms. The van der Waals surface area contributed by atoms with E-state index in [1.807, 2.05) is 24.5 Å². The SMILES string of the molecule is COCC(C)CC(C)NC1=NC2C=C(C=O)CCC2c2cnccc21. The van der Waals surface area contributed by atoms with Gasteiger partial charge in [0, 0.05) is 43.6 Å². The molecule has 25 heavy (non-hydrogen) atoms. The molecule has 0 saturated carbocycles. The zero-order valence-corrected chi connectivity index (χ0v) is 15.2. The van der Waals surface area contributed by atoms with E-state index in [-0.39, 0.29) is 6.04 Å². The van der Waals surface area contributed by atoms with Crippen LogP contribution in [-0.4, -0.2) is 42.9 Å². The van der Waals surface area contributed by atoms with Gasteiger partial charge in [0.05, 0.1) is 6.04 Å². The van der Waals surface area contributed by atoms with E-state index in [1.54, 1.807) is 7.11 Å². The molecule has 2 aliphatic rings. The summed E-state index contributed by atoms with van der Waals surface area (Å²) in [4.78, 5) is 20.4. The number of nitrogens with zero attached hydrogens (tertiary/aromatic N) is 2. The maximum Gasteiger partial charge on any atom is 0.145 e. The molecule has 134 valence electrons. The average Bonchev–Trinajstić information content (AvgIpc) is 2.61. The number of fused-ring (bicyclic) bond motifs is 3. The van der Waals surface area contributed by atoms with Crippen molar-refractivity contribution in [3.8, 4) is 0 Å². The third-order valence-corrected chi connectivity index (χ3v) is 5.07. The van der Waals surface area contributed by atoms with Crippen molar-refractivity contribution < 1.29 is 9.53 Å². The van der Waals surface area contributed by atoms with E-state index in [2.05, 4.69) is 24.1 Å². The van der Waals surface area contributed by atoms with Crippen LogP contribution < -0.4 is 5.32 Å². The molecule has 0 spiro atoms. The molecule has 0 aromatic carbocycles. The molecule has 0 saturated heterocycles. The normalized spacial score (nSPS) is 24.3. The molecule has 1 aliphatic heterocycles. The molecule has 0 fully saturated rings. The minimum Gasteiger partial charge on any atom is -0.384 e.